The van der Waals surface area contributed by atoms with E-state index in [1.807, 2.05) is 0 Å². The molecule has 3 aromatic rings. The lowest BCUT2D eigenvalue weighted by Crippen LogP contribution is -2.36. The maximum Gasteiger partial charge on any atom is 0.256 e. The van der Waals surface area contributed by atoms with Crippen molar-refractivity contribution < 1.29 is 31.0 Å². The van der Waals surface area contributed by atoms with Crippen LogP contribution >= 0.6 is 0 Å². The van der Waals surface area contributed by atoms with Crippen molar-refractivity contribution in [2.45, 2.75) is 16.3 Å². The molecule has 0 aliphatic rings. The van der Waals surface area contributed by atoms with E-state index in [9.17, 15) is 16.8 Å². The highest BCUT2D eigenvalue weighted by atomic mass is 32.3. The number of sulfonamides is 2. The van der Waals surface area contributed by atoms with Crippen molar-refractivity contribution in [2.75, 3.05) is 21.3 Å². The second-order valence-electron chi connectivity index (χ2n) is 6.64. The van der Waals surface area contributed by atoms with Gasteiger partial charge >= 0.3 is 0 Å². The molecule has 0 radical (unpaired) electrons. The molecule has 10 heteroatoms. The first-order valence-electron chi connectivity index (χ1n) is 9.41. The maximum atomic E-state index is 13.5. The number of benzene rings is 3. The Morgan fingerprint density at radius 2 is 0.875 bits per heavy atom. The molecule has 170 valence electrons. The summed E-state index contributed by atoms with van der Waals surface area (Å²) in [5.41, 5.74) is 0.472. The van der Waals surface area contributed by atoms with Gasteiger partial charge in [0.25, 0.3) is 20.0 Å². The Bertz CT molecular complexity index is 1180. The third-order valence-electron chi connectivity index (χ3n) is 4.72. The Hall–Kier alpha value is -3.08. The summed E-state index contributed by atoms with van der Waals surface area (Å²) in [7, 11) is -4.46. The largest absolute Gasteiger partial charge is 0.497 e. The van der Waals surface area contributed by atoms with Gasteiger partial charge in [-0.25, -0.2) is 16.8 Å². The molecule has 0 spiro atoms. The second-order valence-corrected chi connectivity index (χ2v) is 10.6. The second kappa shape index (κ2) is 9.60. The first-order valence-corrected chi connectivity index (χ1v) is 12.3. The molecular weight excluding hydrogens is 454 g/mol. The van der Waals surface area contributed by atoms with E-state index in [4.69, 9.17) is 14.2 Å². The van der Waals surface area contributed by atoms with Crippen molar-refractivity contribution in [1.29, 1.82) is 0 Å². The minimum atomic E-state index is -4.43. The minimum Gasteiger partial charge on any atom is -0.497 e. The van der Waals surface area contributed by atoms with Gasteiger partial charge in [-0.2, -0.15) is 0 Å². The topological polar surface area (TPSA) is 99.2 Å². The van der Waals surface area contributed by atoms with Crippen LogP contribution in [0.5, 0.6) is 17.2 Å². The van der Waals surface area contributed by atoms with E-state index in [1.165, 1.54) is 69.9 Å². The highest BCUT2D eigenvalue weighted by Crippen LogP contribution is 2.29. The summed E-state index contributed by atoms with van der Waals surface area (Å²) in [6, 6.07) is 17.5. The summed E-state index contributed by atoms with van der Waals surface area (Å²) in [5.74, 6) is 1.46. The highest BCUT2D eigenvalue weighted by Gasteiger charge is 2.36. The van der Waals surface area contributed by atoms with Gasteiger partial charge in [0, 0.05) is 0 Å². The molecule has 0 amide bonds. The van der Waals surface area contributed by atoms with E-state index in [0.29, 0.717) is 26.5 Å². The van der Waals surface area contributed by atoms with Crippen LogP contribution in [-0.4, -0.2) is 41.9 Å². The van der Waals surface area contributed by atoms with E-state index < -0.39 is 26.6 Å². The van der Waals surface area contributed by atoms with Gasteiger partial charge in [-0.3, -0.25) is 0 Å². The molecule has 0 unspecified atom stereocenters. The first kappa shape index (κ1) is 23.6. The lowest BCUT2D eigenvalue weighted by atomic mass is 10.2. The monoisotopic (exact) mass is 477 g/mol. The summed E-state index contributed by atoms with van der Waals surface area (Å²) in [6.07, 6.45) is 0. The molecule has 0 saturated carbocycles. The molecule has 0 fully saturated rings. The van der Waals surface area contributed by atoms with Crippen molar-refractivity contribution in [1.82, 2.24) is 3.71 Å². The number of hydrogen-bond acceptors (Lipinski definition) is 7. The van der Waals surface area contributed by atoms with Crippen molar-refractivity contribution in [3.8, 4) is 17.2 Å². The molecule has 0 aromatic heterocycles. The molecule has 32 heavy (non-hydrogen) atoms. The van der Waals surface area contributed by atoms with Crippen LogP contribution in [0.1, 0.15) is 5.56 Å². The average molecular weight is 478 g/mol. The molecule has 0 aliphatic carbocycles. The number of hydrogen-bond donors (Lipinski definition) is 0. The fraction of sp³-hybridized carbons (Fsp3) is 0.182. The lowest BCUT2D eigenvalue weighted by molar-refractivity contribution is 0.414. The normalized spacial score (nSPS) is 11.9. The van der Waals surface area contributed by atoms with Gasteiger partial charge in [0.05, 0.1) is 37.7 Å². The number of ether oxygens (including phenoxy) is 3. The van der Waals surface area contributed by atoms with Crippen molar-refractivity contribution in [2.24, 2.45) is 0 Å². The minimum absolute atomic E-state index is 0.177. The lowest BCUT2D eigenvalue weighted by Gasteiger charge is -2.22. The Morgan fingerprint density at radius 1 is 0.562 bits per heavy atom. The molecule has 0 atom stereocenters. The van der Waals surface area contributed by atoms with Gasteiger partial charge in [-0.1, -0.05) is 15.8 Å². The first-order chi connectivity index (χ1) is 15.2. The Kier molecular flexibility index (Phi) is 7.07. The van der Waals surface area contributed by atoms with Crippen LogP contribution in [0.4, 0.5) is 0 Å². The molecule has 3 aromatic carbocycles. The molecular formula is C22H23NO7S2. The van der Waals surface area contributed by atoms with Crippen LogP contribution in [0.2, 0.25) is 0 Å². The van der Waals surface area contributed by atoms with Crippen LogP contribution in [0.15, 0.2) is 82.6 Å². The van der Waals surface area contributed by atoms with E-state index >= 15 is 0 Å². The summed E-state index contributed by atoms with van der Waals surface area (Å²) >= 11 is 0. The molecule has 8 nitrogen and oxygen atoms in total. The predicted molar refractivity (Wildman–Crippen MR) is 119 cm³/mol. The van der Waals surface area contributed by atoms with E-state index in [2.05, 4.69) is 0 Å². The zero-order valence-electron chi connectivity index (χ0n) is 17.8. The molecule has 0 aliphatic heterocycles. The smallest absolute Gasteiger partial charge is 0.256 e. The molecule has 0 saturated heterocycles. The van der Waals surface area contributed by atoms with Gasteiger partial charge in [0.2, 0.25) is 0 Å². The van der Waals surface area contributed by atoms with Crippen LogP contribution in [-0.2, 0) is 26.6 Å². The van der Waals surface area contributed by atoms with Gasteiger partial charge in [-0.15, -0.1) is 0 Å². The summed E-state index contributed by atoms with van der Waals surface area (Å²) in [6.45, 7) is -0.396. The zero-order chi connectivity index (χ0) is 23.4. The Balaban J connectivity index is 2.10. The summed E-state index contributed by atoms with van der Waals surface area (Å²) < 4.78 is 69.6. The number of methoxy groups -OCH3 is 3. The quantitative estimate of drug-likeness (QED) is 0.466. The average Bonchev–Trinajstić information content (AvgIpc) is 2.82. The van der Waals surface area contributed by atoms with Crippen molar-refractivity contribution >= 4 is 20.0 Å². The fourth-order valence-corrected chi connectivity index (χ4v) is 6.53. The number of rotatable bonds is 9. The third kappa shape index (κ3) is 4.87. The van der Waals surface area contributed by atoms with Crippen LogP contribution in [0.25, 0.3) is 0 Å². The Labute approximate surface area is 188 Å². The standard InChI is InChI=1S/C22H23NO7S2/c1-28-18-6-4-17(5-7-18)16-23(31(24,25)21-12-8-19(29-2)9-13-21)32(26,27)22-14-10-20(30-3)11-15-22/h4-15H,16H2,1-3H3. The molecule has 0 heterocycles. The predicted octanol–water partition coefficient (Wildman–Crippen LogP) is 3.29. The van der Waals surface area contributed by atoms with Crippen molar-refractivity contribution in [3.63, 3.8) is 0 Å². The SMILES string of the molecule is COc1ccc(CN(S(=O)(=O)c2ccc(OC)cc2)S(=O)(=O)c2ccc(OC)cc2)cc1. The van der Waals surface area contributed by atoms with E-state index in [1.54, 1.807) is 24.3 Å². The summed E-state index contributed by atoms with van der Waals surface area (Å²) in [4.78, 5) is -0.354. The third-order valence-corrected chi connectivity index (χ3v) is 8.97. The van der Waals surface area contributed by atoms with Gasteiger partial charge < -0.3 is 14.2 Å². The maximum absolute atomic E-state index is 13.5. The van der Waals surface area contributed by atoms with Crippen molar-refractivity contribution in [3.05, 3.63) is 78.4 Å². The molecule has 0 bridgehead atoms. The fourth-order valence-electron chi connectivity index (χ4n) is 2.91. The van der Waals surface area contributed by atoms with Crippen LogP contribution < -0.4 is 14.2 Å². The number of nitrogens with zero attached hydrogens (tertiary/aromatic N) is 1. The molecule has 3 rings (SSSR count). The summed E-state index contributed by atoms with van der Waals surface area (Å²) in [5, 5.41) is 0. The Morgan fingerprint density at radius 3 is 1.19 bits per heavy atom. The van der Waals surface area contributed by atoms with Gasteiger partial charge in [0.1, 0.15) is 17.2 Å². The zero-order valence-corrected chi connectivity index (χ0v) is 19.4. The van der Waals surface area contributed by atoms with Crippen LogP contribution in [0, 0.1) is 0 Å². The van der Waals surface area contributed by atoms with Crippen LogP contribution in [0.3, 0.4) is 0 Å². The van der Waals surface area contributed by atoms with E-state index in [-0.39, 0.29) is 9.79 Å². The van der Waals surface area contributed by atoms with Gasteiger partial charge in [-0.05, 0) is 66.2 Å². The van der Waals surface area contributed by atoms with Gasteiger partial charge in [0.15, 0.2) is 0 Å². The van der Waals surface area contributed by atoms with E-state index in [0.717, 1.165) is 0 Å². The molecule has 0 N–H and O–H groups in total. The highest BCUT2D eigenvalue weighted by molar-refractivity contribution is 8.04.